The Labute approximate surface area is 182 Å². The standard InChI is InChI=1S/C23H22FN3O2.C2H6/c1-25-23(28)16-4-2-5-18(12-16)26-19-6-3-7-20(13-19)27-14-22(15-27)29-21-10-8-17(24)9-11-21;1-2/h2-13,22,26H,14-15H2,1H3,(H,25,28);1-2H3. The molecule has 0 bridgehead atoms. The van der Waals surface area contributed by atoms with Crippen molar-refractivity contribution in [3.05, 3.63) is 84.2 Å². The van der Waals surface area contributed by atoms with Gasteiger partial charge in [0, 0.05) is 29.7 Å². The first kappa shape index (κ1) is 22.2. The SMILES string of the molecule is CC.CNC(=O)c1cccc(Nc2cccc(N3CC(Oc4ccc(F)cc4)C3)c2)c1. The lowest BCUT2D eigenvalue weighted by Crippen LogP contribution is -2.54. The molecule has 0 unspecified atom stereocenters. The molecular formula is C25H28FN3O2. The maximum absolute atomic E-state index is 13.0. The number of ether oxygens (including phenoxy) is 1. The van der Waals surface area contributed by atoms with Crippen LogP contribution in [-0.4, -0.2) is 32.1 Å². The summed E-state index contributed by atoms with van der Waals surface area (Å²) >= 11 is 0. The van der Waals surface area contributed by atoms with Gasteiger partial charge in [0.2, 0.25) is 0 Å². The Kier molecular flexibility index (Phi) is 7.49. The Balaban J connectivity index is 0.00000132. The van der Waals surface area contributed by atoms with Crippen LogP contribution in [0, 0.1) is 5.82 Å². The molecule has 4 rings (SSSR count). The maximum atomic E-state index is 13.0. The van der Waals surface area contributed by atoms with Crippen molar-refractivity contribution >= 4 is 23.0 Å². The van der Waals surface area contributed by atoms with Crippen LogP contribution >= 0.6 is 0 Å². The molecule has 31 heavy (non-hydrogen) atoms. The lowest BCUT2D eigenvalue weighted by molar-refractivity contribution is 0.0963. The number of benzene rings is 3. The summed E-state index contributed by atoms with van der Waals surface area (Å²) in [4.78, 5) is 14.0. The number of hydrogen-bond acceptors (Lipinski definition) is 4. The molecule has 0 atom stereocenters. The molecule has 6 heteroatoms. The monoisotopic (exact) mass is 421 g/mol. The fraction of sp³-hybridized carbons (Fsp3) is 0.240. The van der Waals surface area contributed by atoms with Crippen LogP contribution in [0.1, 0.15) is 24.2 Å². The molecule has 0 spiro atoms. The van der Waals surface area contributed by atoms with Gasteiger partial charge in [-0.15, -0.1) is 0 Å². The minimum absolute atomic E-state index is 0.0846. The van der Waals surface area contributed by atoms with Crippen LogP contribution < -0.4 is 20.3 Å². The van der Waals surface area contributed by atoms with Crippen molar-refractivity contribution < 1.29 is 13.9 Å². The van der Waals surface area contributed by atoms with Crippen LogP contribution in [0.5, 0.6) is 5.75 Å². The minimum atomic E-state index is -0.266. The summed E-state index contributed by atoms with van der Waals surface area (Å²) in [5.74, 6) is 0.301. The smallest absolute Gasteiger partial charge is 0.251 e. The van der Waals surface area contributed by atoms with Gasteiger partial charge < -0.3 is 20.3 Å². The Bertz CT molecular complexity index is 1000. The molecular weight excluding hydrogens is 393 g/mol. The highest BCUT2D eigenvalue weighted by atomic mass is 19.1. The quantitative estimate of drug-likeness (QED) is 0.573. The van der Waals surface area contributed by atoms with Crippen molar-refractivity contribution in [3.63, 3.8) is 0 Å². The highest BCUT2D eigenvalue weighted by Gasteiger charge is 2.28. The third-order valence-electron chi connectivity index (χ3n) is 4.82. The van der Waals surface area contributed by atoms with E-state index in [0.717, 1.165) is 30.2 Å². The topological polar surface area (TPSA) is 53.6 Å². The van der Waals surface area contributed by atoms with E-state index in [9.17, 15) is 9.18 Å². The zero-order valence-corrected chi connectivity index (χ0v) is 18.1. The number of amides is 1. The largest absolute Gasteiger partial charge is 0.487 e. The Morgan fingerprint density at radius 1 is 0.968 bits per heavy atom. The second-order valence-electron chi connectivity index (χ2n) is 6.93. The zero-order valence-electron chi connectivity index (χ0n) is 18.1. The first-order chi connectivity index (χ1) is 15.1. The summed E-state index contributed by atoms with van der Waals surface area (Å²) < 4.78 is 18.9. The van der Waals surface area contributed by atoms with E-state index in [0.29, 0.717) is 11.3 Å². The van der Waals surface area contributed by atoms with E-state index in [4.69, 9.17) is 4.74 Å². The minimum Gasteiger partial charge on any atom is -0.487 e. The molecule has 2 N–H and O–H groups in total. The van der Waals surface area contributed by atoms with Crippen LogP contribution in [0.4, 0.5) is 21.5 Å². The fourth-order valence-corrected chi connectivity index (χ4v) is 3.26. The maximum Gasteiger partial charge on any atom is 0.251 e. The molecule has 3 aromatic rings. The van der Waals surface area contributed by atoms with Gasteiger partial charge in [-0.05, 0) is 60.7 Å². The predicted octanol–water partition coefficient (Wildman–Crippen LogP) is 5.22. The van der Waals surface area contributed by atoms with Gasteiger partial charge in [0.15, 0.2) is 0 Å². The molecule has 162 valence electrons. The molecule has 0 saturated carbocycles. The fourth-order valence-electron chi connectivity index (χ4n) is 3.26. The van der Waals surface area contributed by atoms with Gasteiger partial charge in [0.05, 0.1) is 13.1 Å². The van der Waals surface area contributed by atoms with Crippen molar-refractivity contribution in [3.8, 4) is 5.75 Å². The lowest BCUT2D eigenvalue weighted by atomic mass is 10.1. The molecule has 0 radical (unpaired) electrons. The van der Waals surface area contributed by atoms with Crippen molar-refractivity contribution in [1.29, 1.82) is 0 Å². The highest BCUT2D eigenvalue weighted by molar-refractivity contribution is 5.95. The van der Waals surface area contributed by atoms with Crippen LogP contribution in [0.15, 0.2) is 72.8 Å². The number of nitrogens with one attached hydrogen (secondary N) is 2. The molecule has 5 nitrogen and oxygen atoms in total. The first-order valence-electron chi connectivity index (χ1n) is 10.5. The van der Waals surface area contributed by atoms with Gasteiger partial charge >= 0.3 is 0 Å². The normalized spacial score (nSPS) is 12.8. The number of carbonyl (C=O) groups excluding carboxylic acids is 1. The van der Waals surface area contributed by atoms with E-state index < -0.39 is 0 Å². The molecule has 0 aliphatic carbocycles. The predicted molar refractivity (Wildman–Crippen MR) is 124 cm³/mol. The average molecular weight is 422 g/mol. The number of anilines is 3. The second-order valence-corrected chi connectivity index (χ2v) is 6.93. The second kappa shape index (κ2) is 10.5. The number of nitrogens with zero attached hydrogens (tertiary/aromatic N) is 1. The molecule has 3 aromatic carbocycles. The van der Waals surface area contributed by atoms with E-state index in [1.54, 1.807) is 25.2 Å². The van der Waals surface area contributed by atoms with Crippen molar-refractivity contribution in [1.82, 2.24) is 5.32 Å². The lowest BCUT2D eigenvalue weighted by Gasteiger charge is -2.40. The third-order valence-corrected chi connectivity index (χ3v) is 4.82. The van der Waals surface area contributed by atoms with E-state index in [2.05, 4.69) is 27.7 Å². The summed E-state index contributed by atoms with van der Waals surface area (Å²) in [7, 11) is 1.62. The molecule has 1 aliphatic rings. The summed E-state index contributed by atoms with van der Waals surface area (Å²) in [5.41, 5.74) is 3.50. The molecule has 1 saturated heterocycles. The third kappa shape index (κ3) is 5.75. The van der Waals surface area contributed by atoms with Crippen LogP contribution in [0.25, 0.3) is 0 Å². The molecule has 0 aromatic heterocycles. The van der Waals surface area contributed by atoms with Gasteiger partial charge in [-0.25, -0.2) is 4.39 Å². The van der Waals surface area contributed by atoms with Gasteiger partial charge in [0.25, 0.3) is 5.91 Å². The summed E-state index contributed by atoms with van der Waals surface area (Å²) in [6.07, 6.45) is 0.0846. The van der Waals surface area contributed by atoms with E-state index >= 15 is 0 Å². The number of carbonyl (C=O) groups is 1. The summed E-state index contributed by atoms with van der Waals surface area (Å²) in [5, 5.41) is 5.98. The Morgan fingerprint density at radius 3 is 2.29 bits per heavy atom. The Morgan fingerprint density at radius 2 is 1.61 bits per heavy atom. The van der Waals surface area contributed by atoms with Gasteiger partial charge in [-0.2, -0.15) is 0 Å². The van der Waals surface area contributed by atoms with Crippen molar-refractivity contribution in [2.24, 2.45) is 0 Å². The number of hydrogen-bond donors (Lipinski definition) is 2. The summed E-state index contributed by atoms with van der Waals surface area (Å²) in [6, 6.07) is 21.6. The van der Waals surface area contributed by atoms with Gasteiger partial charge in [0.1, 0.15) is 17.7 Å². The van der Waals surface area contributed by atoms with Crippen molar-refractivity contribution in [2.75, 3.05) is 30.4 Å². The van der Waals surface area contributed by atoms with Crippen LogP contribution in [0.2, 0.25) is 0 Å². The molecule has 1 aliphatic heterocycles. The van der Waals surface area contributed by atoms with Crippen molar-refractivity contribution in [2.45, 2.75) is 20.0 Å². The van der Waals surface area contributed by atoms with E-state index in [-0.39, 0.29) is 17.8 Å². The van der Waals surface area contributed by atoms with Gasteiger partial charge in [-0.3, -0.25) is 4.79 Å². The summed E-state index contributed by atoms with van der Waals surface area (Å²) in [6.45, 7) is 5.54. The van der Waals surface area contributed by atoms with Crippen LogP contribution in [-0.2, 0) is 0 Å². The first-order valence-corrected chi connectivity index (χ1v) is 10.5. The number of rotatable bonds is 6. The van der Waals surface area contributed by atoms with Gasteiger partial charge in [-0.1, -0.05) is 26.0 Å². The number of halogens is 1. The average Bonchev–Trinajstić information content (AvgIpc) is 2.78. The van der Waals surface area contributed by atoms with E-state index in [1.165, 1.54) is 12.1 Å². The zero-order chi connectivity index (χ0) is 22.2. The highest BCUT2D eigenvalue weighted by Crippen LogP contribution is 2.28. The van der Waals surface area contributed by atoms with E-state index in [1.807, 2.05) is 44.2 Å². The van der Waals surface area contributed by atoms with Crippen LogP contribution in [0.3, 0.4) is 0 Å². The molecule has 1 heterocycles. The Hall–Kier alpha value is -3.54. The molecule has 1 amide bonds. The molecule has 1 fully saturated rings.